The molecule has 0 atom stereocenters. The number of hydrogen-bond acceptors (Lipinski definition) is 2. The van der Waals surface area contributed by atoms with Crippen LogP contribution in [0.1, 0.15) is 16.7 Å². The number of aromatic nitrogens is 2. The third-order valence-corrected chi connectivity index (χ3v) is 3.93. The number of rotatable bonds is 1. The molecule has 3 heteroatoms. The van der Waals surface area contributed by atoms with E-state index in [-0.39, 0.29) is 0 Å². The van der Waals surface area contributed by atoms with Crippen molar-refractivity contribution < 1.29 is 0 Å². The molecule has 0 N–H and O–H groups in total. The van der Waals surface area contributed by atoms with Crippen molar-refractivity contribution in [3.05, 3.63) is 46.6 Å². The lowest BCUT2D eigenvalue weighted by molar-refractivity contribution is 1.21. The highest BCUT2D eigenvalue weighted by Crippen LogP contribution is 2.31. The van der Waals surface area contributed by atoms with Gasteiger partial charge in [0.1, 0.15) is 0 Å². The van der Waals surface area contributed by atoms with Crippen LogP contribution in [0, 0.1) is 20.8 Å². The van der Waals surface area contributed by atoms with Gasteiger partial charge < -0.3 is 0 Å². The zero-order valence-corrected chi connectivity index (χ0v) is 11.0. The maximum Gasteiger partial charge on any atom is 0.194 e. The minimum absolute atomic E-state index is 1.05. The molecule has 0 aliphatic carbocycles. The first-order valence-corrected chi connectivity index (χ1v) is 6.53. The zero-order valence-electron chi connectivity index (χ0n) is 10.2. The number of imidazole rings is 1. The van der Waals surface area contributed by atoms with Crippen LogP contribution >= 0.6 is 11.3 Å². The molecule has 3 aromatic rings. The molecule has 86 valence electrons. The monoisotopic (exact) mass is 242 g/mol. The summed E-state index contributed by atoms with van der Waals surface area (Å²) in [5.74, 6) is 0. The van der Waals surface area contributed by atoms with Crippen LogP contribution < -0.4 is 0 Å². The Morgan fingerprint density at radius 1 is 1.12 bits per heavy atom. The molecule has 0 spiro atoms. The second-order valence-electron chi connectivity index (χ2n) is 4.47. The van der Waals surface area contributed by atoms with Crippen LogP contribution in [0.3, 0.4) is 0 Å². The molecule has 0 radical (unpaired) electrons. The van der Waals surface area contributed by atoms with Crippen molar-refractivity contribution in [2.24, 2.45) is 0 Å². The Morgan fingerprint density at radius 2 is 1.82 bits per heavy atom. The summed E-state index contributed by atoms with van der Waals surface area (Å²) in [7, 11) is 0. The van der Waals surface area contributed by atoms with Gasteiger partial charge in [0, 0.05) is 23.3 Å². The number of hydrogen-bond donors (Lipinski definition) is 0. The van der Waals surface area contributed by atoms with E-state index in [0.717, 1.165) is 4.96 Å². The summed E-state index contributed by atoms with van der Waals surface area (Å²) in [5, 5.41) is 2.19. The van der Waals surface area contributed by atoms with Gasteiger partial charge in [0.25, 0.3) is 0 Å². The van der Waals surface area contributed by atoms with E-state index in [2.05, 4.69) is 47.7 Å². The standard InChI is InChI=1S/C14H14N2S/c1-9-6-10(2)13(11(3)7-9)12-8-17-14-15-4-5-16(12)14/h4-8H,1-3H3. The number of aryl methyl sites for hydroxylation is 3. The van der Waals surface area contributed by atoms with Crippen LogP contribution in [0.2, 0.25) is 0 Å². The molecule has 1 aromatic carbocycles. The van der Waals surface area contributed by atoms with E-state index in [9.17, 15) is 0 Å². The van der Waals surface area contributed by atoms with E-state index in [4.69, 9.17) is 0 Å². The summed E-state index contributed by atoms with van der Waals surface area (Å²) in [6.45, 7) is 6.50. The first-order chi connectivity index (χ1) is 8.16. The molecule has 0 saturated heterocycles. The van der Waals surface area contributed by atoms with Gasteiger partial charge >= 0.3 is 0 Å². The third-order valence-electron chi connectivity index (χ3n) is 3.08. The summed E-state index contributed by atoms with van der Waals surface area (Å²) in [5.41, 5.74) is 6.56. The predicted octanol–water partition coefficient (Wildman–Crippen LogP) is 3.99. The van der Waals surface area contributed by atoms with E-state index in [1.54, 1.807) is 11.3 Å². The molecule has 0 aliphatic rings. The van der Waals surface area contributed by atoms with Crippen molar-refractivity contribution in [1.29, 1.82) is 0 Å². The van der Waals surface area contributed by atoms with Gasteiger partial charge in [-0.15, -0.1) is 11.3 Å². The summed E-state index contributed by atoms with van der Waals surface area (Å²) in [6, 6.07) is 4.48. The summed E-state index contributed by atoms with van der Waals surface area (Å²) in [6.07, 6.45) is 3.88. The van der Waals surface area contributed by atoms with Crippen LogP contribution in [0.25, 0.3) is 16.2 Å². The Morgan fingerprint density at radius 3 is 2.53 bits per heavy atom. The van der Waals surface area contributed by atoms with E-state index in [0.29, 0.717) is 0 Å². The largest absolute Gasteiger partial charge is 0.290 e. The fraction of sp³-hybridized carbons (Fsp3) is 0.214. The van der Waals surface area contributed by atoms with Crippen LogP contribution in [0.4, 0.5) is 0 Å². The summed E-state index contributed by atoms with van der Waals surface area (Å²) in [4.78, 5) is 5.38. The van der Waals surface area contributed by atoms with Gasteiger partial charge in [0.2, 0.25) is 0 Å². The minimum Gasteiger partial charge on any atom is -0.290 e. The molecule has 2 aromatic heterocycles. The van der Waals surface area contributed by atoms with Crippen molar-refractivity contribution >= 4 is 16.3 Å². The second kappa shape index (κ2) is 3.70. The minimum atomic E-state index is 1.05. The lowest BCUT2D eigenvalue weighted by Gasteiger charge is -2.10. The topological polar surface area (TPSA) is 17.3 Å². The lowest BCUT2D eigenvalue weighted by Crippen LogP contribution is -1.92. The van der Waals surface area contributed by atoms with Gasteiger partial charge in [-0.3, -0.25) is 4.40 Å². The number of fused-ring (bicyclic) bond motifs is 1. The Labute approximate surface area is 105 Å². The van der Waals surface area contributed by atoms with Crippen molar-refractivity contribution in [3.8, 4) is 11.3 Å². The molecule has 0 aliphatic heterocycles. The van der Waals surface area contributed by atoms with Gasteiger partial charge in [0.05, 0.1) is 5.69 Å². The number of nitrogens with zero attached hydrogens (tertiary/aromatic N) is 2. The Balaban J connectivity index is 2.33. The molecule has 0 fully saturated rings. The van der Waals surface area contributed by atoms with Crippen molar-refractivity contribution in [3.63, 3.8) is 0 Å². The fourth-order valence-corrected chi connectivity index (χ4v) is 3.33. The molecule has 0 bridgehead atoms. The van der Waals surface area contributed by atoms with E-state index in [1.165, 1.54) is 27.9 Å². The number of thiazole rings is 1. The third kappa shape index (κ3) is 1.58. The van der Waals surface area contributed by atoms with Crippen LogP contribution in [0.15, 0.2) is 29.9 Å². The van der Waals surface area contributed by atoms with Gasteiger partial charge in [-0.25, -0.2) is 4.98 Å². The van der Waals surface area contributed by atoms with Crippen LogP contribution in [-0.4, -0.2) is 9.38 Å². The molecule has 17 heavy (non-hydrogen) atoms. The molecular formula is C14H14N2S. The normalized spacial score (nSPS) is 11.2. The molecule has 0 unspecified atom stereocenters. The molecule has 2 heterocycles. The van der Waals surface area contributed by atoms with E-state index >= 15 is 0 Å². The smallest absolute Gasteiger partial charge is 0.194 e. The Bertz CT molecular complexity index is 668. The quantitative estimate of drug-likeness (QED) is 0.630. The highest BCUT2D eigenvalue weighted by molar-refractivity contribution is 7.15. The van der Waals surface area contributed by atoms with Crippen molar-refractivity contribution in [1.82, 2.24) is 9.38 Å². The Hall–Kier alpha value is -1.61. The zero-order chi connectivity index (χ0) is 12.0. The lowest BCUT2D eigenvalue weighted by atomic mass is 9.98. The van der Waals surface area contributed by atoms with Crippen LogP contribution in [0.5, 0.6) is 0 Å². The predicted molar refractivity (Wildman–Crippen MR) is 72.7 cm³/mol. The molecule has 3 rings (SSSR count). The van der Waals surface area contributed by atoms with Gasteiger partial charge in [-0.2, -0.15) is 0 Å². The second-order valence-corrected chi connectivity index (χ2v) is 5.31. The van der Waals surface area contributed by atoms with Crippen molar-refractivity contribution in [2.45, 2.75) is 20.8 Å². The number of benzene rings is 1. The maximum atomic E-state index is 4.32. The van der Waals surface area contributed by atoms with Crippen molar-refractivity contribution in [2.75, 3.05) is 0 Å². The first-order valence-electron chi connectivity index (χ1n) is 5.65. The highest BCUT2D eigenvalue weighted by atomic mass is 32.1. The first kappa shape index (κ1) is 10.5. The average Bonchev–Trinajstić information content (AvgIpc) is 2.80. The fourth-order valence-electron chi connectivity index (χ4n) is 2.49. The Kier molecular flexibility index (Phi) is 2.30. The van der Waals surface area contributed by atoms with E-state index < -0.39 is 0 Å². The van der Waals surface area contributed by atoms with Gasteiger partial charge in [-0.05, 0) is 31.9 Å². The van der Waals surface area contributed by atoms with Crippen LogP contribution in [-0.2, 0) is 0 Å². The molecule has 0 amide bonds. The maximum absolute atomic E-state index is 4.32. The molecule has 2 nitrogen and oxygen atoms in total. The highest BCUT2D eigenvalue weighted by Gasteiger charge is 2.11. The summed E-state index contributed by atoms with van der Waals surface area (Å²) < 4.78 is 2.16. The molecular weight excluding hydrogens is 228 g/mol. The van der Waals surface area contributed by atoms with Gasteiger partial charge in [0.15, 0.2) is 4.96 Å². The average molecular weight is 242 g/mol. The van der Waals surface area contributed by atoms with E-state index in [1.807, 2.05) is 12.4 Å². The van der Waals surface area contributed by atoms with Gasteiger partial charge in [-0.1, -0.05) is 17.7 Å². The molecule has 0 saturated carbocycles. The summed E-state index contributed by atoms with van der Waals surface area (Å²) >= 11 is 1.69. The SMILES string of the molecule is Cc1cc(C)c(-c2csc3nccn23)c(C)c1.